The lowest BCUT2D eigenvalue weighted by molar-refractivity contribution is 1.07. The van der Waals surface area contributed by atoms with Gasteiger partial charge in [0.05, 0.1) is 27.6 Å². The van der Waals surface area contributed by atoms with Crippen molar-refractivity contribution in [1.29, 1.82) is 0 Å². The minimum atomic E-state index is 0.642. The van der Waals surface area contributed by atoms with Crippen molar-refractivity contribution in [2.45, 2.75) is 0 Å². The van der Waals surface area contributed by atoms with Crippen LogP contribution in [0.5, 0.6) is 0 Å². The molecule has 12 aromatic rings. The molecule has 0 saturated carbocycles. The van der Waals surface area contributed by atoms with E-state index in [0.717, 1.165) is 61.1 Å². The molecule has 270 valence electrons. The largest absolute Gasteiger partial charge is 0.309 e. The highest BCUT2D eigenvalue weighted by atomic mass is 15.0. The standard InChI is InChI=1S/C52H32N6/c1-3-13-35(14-4-1)49-54-50(36-15-5-2-6-16-36)56-51(55-49)37-25-23-33(24-26-37)34-27-29-38(30-28-34)57-43-20-10-8-18-40(43)48-46(57)32-31-41-47(48)39-17-7-11-21-44(39)58-45-22-12-9-19-42(45)53-52(41)58/h1-32H. The van der Waals surface area contributed by atoms with Gasteiger partial charge in [0.25, 0.3) is 0 Å². The SMILES string of the molecule is c1ccc(-c2nc(-c3ccccc3)nc(-c3ccc(-c4ccc(-n5c6ccccc6c6c7c8ccccc8n8c9ccccc9nc8c7ccc65)cc4)cc3)n2)cc1. The first-order valence-electron chi connectivity index (χ1n) is 19.5. The molecule has 8 aromatic carbocycles. The van der Waals surface area contributed by atoms with Gasteiger partial charge in [-0.05, 0) is 59.7 Å². The molecule has 4 aromatic heterocycles. The molecule has 4 heterocycles. The second kappa shape index (κ2) is 12.8. The molecule has 0 atom stereocenters. The van der Waals surface area contributed by atoms with Gasteiger partial charge in [-0.1, -0.05) is 146 Å². The Hall–Kier alpha value is -7.96. The van der Waals surface area contributed by atoms with E-state index in [2.05, 4.69) is 142 Å². The van der Waals surface area contributed by atoms with Gasteiger partial charge in [0, 0.05) is 49.3 Å². The maximum Gasteiger partial charge on any atom is 0.164 e. The highest BCUT2D eigenvalue weighted by Crippen LogP contribution is 2.42. The van der Waals surface area contributed by atoms with Crippen molar-refractivity contribution in [3.05, 3.63) is 194 Å². The van der Waals surface area contributed by atoms with Crippen LogP contribution in [0.4, 0.5) is 0 Å². The zero-order valence-corrected chi connectivity index (χ0v) is 31.2. The lowest BCUT2D eigenvalue weighted by Gasteiger charge is -2.12. The number of aromatic nitrogens is 6. The first kappa shape index (κ1) is 32.3. The maximum atomic E-state index is 5.19. The van der Waals surface area contributed by atoms with Crippen molar-refractivity contribution in [2.75, 3.05) is 0 Å². The van der Waals surface area contributed by atoms with Gasteiger partial charge < -0.3 is 4.57 Å². The summed E-state index contributed by atoms with van der Waals surface area (Å²) in [6, 6.07) is 68.0. The molecule has 0 unspecified atom stereocenters. The lowest BCUT2D eigenvalue weighted by Crippen LogP contribution is -2.00. The average Bonchev–Trinajstić information content (AvgIpc) is 3.86. The minimum Gasteiger partial charge on any atom is -0.309 e. The third kappa shape index (κ3) is 4.98. The van der Waals surface area contributed by atoms with Crippen LogP contribution in [0.25, 0.3) is 111 Å². The molecule has 0 amide bonds. The number of benzene rings is 8. The molecular weight excluding hydrogens is 709 g/mol. The van der Waals surface area contributed by atoms with Crippen molar-refractivity contribution < 1.29 is 0 Å². The summed E-state index contributed by atoms with van der Waals surface area (Å²) in [5, 5.41) is 6.05. The van der Waals surface area contributed by atoms with Crippen LogP contribution in [-0.4, -0.2) is 28.9 Å². The molecule has 0 saturated heterocycles. The van der Waals surface area contributed by atoms with Gasteiger partial charge in [-0.3, -0.25) is 4.40 Å². The summed E-state index contributed by atoms with van der Waals surface area (Å²) in [5.41, 5.74) is 12.8. The number of para-hydroxylation sites is 4. The van der Waals surface area contributed by atoms with Crippen molar-refractivity contribution >= 4 is 60.2 Å². The van der Waals surface area contributed by atoms with E-state index < -0.39 is 0 Å². The molecule has 0 spiro atoms. The van der Waals surface area contributed by atoms with Crippen LogP contribution >= 0.6 is 0 Å². The van der Waals surface area contributed by atoms with E-state index in [1.165, 1.54) is 32.6 Å². The Bertz CT molecular complexity index is 3470. The van der Waals surface area contributed by atoms with E-state index in [4.69, 9.17) is 19.9 Å². The van der Waals surface area contributed by atoms with Gasteiger partial charge >= 0.3 is 0 Å². The molecular formula is C52H32N6. The van der Waals surface area contributed by atoms with Crippen LogP contribution in [0.3, 0.4) is 0 Å². The Labute approximate surface area is 333 Å². The summed E-state index contributed by atoms with van der Waals surface area (Å²) < 4.78 is 4.71. The van der Waals surface area contributed by atoms with Crippen LogP contribution in [0.2, 0.25) is 0 Å². The number of nitrogens with zero attached hydrogens (tertiary/aromatic N) is 6. The van der Waals surface area contributed by atoms with Gasteiger partial charge in [-0.25, -0.2) is 19.9 Å². The minimum absolute atomic E-state index is 0.642. The fourth-order valence-corrected chi connectivity index (χ4v) is 8.69. The molecule has 0 bridgehead atoms. The predicted molar refractivity (Wildman–Crippen MR) is 237 cm³/mol. The normalized spacial score (nSPS) is 11.8. The number of rotatable bonds is 5. The third-order valence-electron chi connectivity index (χ3n) is 11.4. The van der Waals surface area contributed by atoms with E-state index in [1.807, 2.05) is 60.7 Å². The van der Waals surface area contributed by atoms with Gasteiger partial charge in [-0.2, -0.15) is 0 Å². The molecule has 6 nitrogen and oxygen atoms in total. The summed E-state index contributed by atoms with van der Waals surface area (Å²) in [7, 11) is 0. The first-order valence-corrected chi connectivity index (χ1v) is 19.5. The Morgan fingerprint density at radius 1 is 0.293 bits per heavy atom. The van der Waals surface area contributed by atoms with E-state index in [0.29, 0.717) is 17.5 Å². The van der Waals surface area contributed by atoms with Crippen LogP contribution < -0.4 is 0 Å². The molecule has 6 heteroatoms. The molecule has 0 radical (unpaired) electrons. The third-order valence-corrected chi connectivity index (χ3v) is 11.4. The number of hydrogen-bond acceptors (Lipinski definition) is 4. The topological polar surface area (TPSA) is 60.9 Å². The number of imidazole rings is 1. The van der Waals surface area contributed by atoms with Crippen molar-refractivity contribution in [3.8, 4) is 51.0 Å². The van der Waals surface area contributed by atoms with E-state index in [-0.39, 0.29) is 0 Å². The Kier molecular flexibility index (Phi) is 7.13. The second-order valence-electron chi connectivity index (χ2n) is 14.7. The number of hydrogen-bond donors (Lipinski definition) is 0. The summed E-state index contributed by atoms with van der Waals surface area (Å²) in [4.78, 5) is 19.9. The van der Waals surface area contributed by atoms with Crippen LogP contribution in [0.1, 0.15) is 0 Å². The first-order chi connectivity index (χ1) is 28.8. The fourth-order valence-electron chi connectivity index (χ4n) is 8.69. The average molecular weight is 741 g/mol. The van der Waals surface area contributed by atoms with Crippen molar-refractivity contribution in [3.63, 3.8) is 0 Å². The zero-order valence-electron chi connectivity index (χ0n) is 31.2. The summed E-state index contributed by atoms with van der Waals surface area (Å²) in [6.07, 6.45) is 0. The number of fused-ring (bicyclic) bond motifs is 12. The molecule has 12 rings (SSSR count). The van der Waals surface area contributed by atoms with Gasteiger partial charge in [-0.15, -0.1) is 0 Å². The Morgan fingerprint density at radius 2 is 0.776 bits per heavy atom. The Balaban J connectivity index is 0.961. The Morgan fingerprint density at radius 3 is 1.41 bits per heavy atom. The highest BCUT2D eigenvalue weighted by Gasteiger charge is 2.20. The van der Waals surface area contributed by atoms with Crippen LogP contribution in [0, 0.1) is 0 Å². The van der Waals surface area contributed by atoms with E-state index >= 15 is 0 Å². The second-order valence-corrected chi connectivity index (χ2v) is 14.7. The van der Waals surface area contributed by atoms with E-state index in [1.54, 1.807) is 0 Å². The smallest absolute Gasteiger partial charge is 0.164 e. The van der Waals surface area contributed by atoms with Crippen molar-refractivity contribution in [1.82, 2.24) is 28.9 Å². The summed E-state index contributed by atoms with van der Waals surface area (Å²) in [6.45, 7) is 0. The zero-order chi connectivity index (χ0) is 38.2. The summed E-state index contributed by atoms with van der Waals surface area (Å²) >= 11 is 0. The maximum absolute atomic E-state index is 5.19. The van der Waals surface area contributed by atoms with Crippen LogP contribution in [0.15, 0.2) is 194 Å². The predicted octanol–water partition coefficient (Wildman–Crippen LogP) is 12.7. The molecule has 0 N–H and O–H groups in total. The molecule has 0 aliphatic carbocycles. The highest BCUT2D eigenvalue weighted by molar-refractivity contribution is 6.30. The van der Waals surface area contributed by atoms with Crippen molar-refractivity contribution in [2.24, 2.45) is 0 Å². The molecule has 58 heavy (non-hydrogen) atoms. The molecule has 0 aliphatic heterocycles. The monoisotopic (exact) mass is 740 g/mol. The molecule has 0 fully saturated rings. The van der Waals surface area contributed by atoms with Gasteiger partial charge in [0.2, 0.25) is 0 Å². The fraction of sp³-hybridized carbons (Fsp3) is 0. The number of pyridine rings is 1. The molecule has 0 aliphatic rings. The van der Waals surface area contributed by atoms with E-state index in [9.17, 15) is 0 Å². The summed E-state index contributed by atoms with van der Waals surface area (Å²) in [5.74, 6) is 1.94. The lowest BCUT2D eigenvalue weighted by atomic mass is 10.00. The van der Waals surface area contributed by atoms with Crippen LogP contribution in [-0.2, 0) is 0 Å². The van der Waals surface area contributed by atoms with Gasteiger partial charge in [0.1, 0.15) is 5.65 Å². The quantitative estimate of drug-likeness (QED) is 0.165. The van der Waals surface area contributed by atoms with Gasteiger partial charge in [0.15, 0.2) is 17.5 Å².